The van der Waals surface area contributed by atoms with Crippen LogP contribution in [0.15, 0.2) is 6.07 Å². The molecule has 0 spiro atoms. The van der Waals surface area contributed by atoms with Crippen molar-refractivity contribution in [3.05, 3.63) is 33.2 Å². The Labute approximate surface area is 102 Å². The maximum atomic E-state index is 2.36. The van der Waals surface area contributed by atoms with Gasteiger partial charge in [0.15, 0.2) is 0 Å². The minimum Gasteiger partial charge on any atom is -0.140 e. The third-order valence-corrected chi connectivity index (χ3v) is 4.93. The average Bonchev–Trinajstić information content (AvgIpc) is 2.53. The Balaban J connectivity index is 2.77. The minimum absolute atomic E-state index is 1.22. The van der Waals surface area contributed by atoms with E-state index < -0.39 is 0 Å². The lowest BCUT2D eigenvalue weighted by Crippen LogP contribution is -1.88. The van der Waals surface area contributed by atoms with Crippen molar-refractivity contribution in [3.63, 3.8) is 0 Å². The molecule has 86 valence electrons. The van der Waals surface area contributed by atoms with Crippen molar-refractivity contribution in [1.82, 2.24) is 0 Å². The quantitative estimate of drug-likeness (QED) is 0.676. The van der Waals surface area contributed by atoms with Crippen LogP contribution in [0.1, 0.15) is 40.5 Å². The molecule has 0 unspecified atom stereocenters. The summed E-state index contributed by atoms with van der Waals surface area (Å²) in [6.45, 7) is 11.3. The predicted molar refractivity (Wildman–Crippen MR) is 74.8 cm³/mol. The van der Waals surface area contributed by atoms with Crippen molar-refractivity contribution >= 4 is 21.4 Å². The molecule has 0 saturated carbocycles. The summed E-state index contributed by atoms with van der Waals surface area (Å²) >= 11 is 1.99. The normalized spacial score (nSPS) is 11.3. The molecule has 0 atom stereocenters. The zero-order chi connectivity index (χ0) is 11.9. The molecule has 1 heterocycles. The molecule has 0 nitrogen and oxygen atoms in total. The van der Waals surface area contributed by atoms with Gasteiger partial charge in [0.25, 0.3) is 0 Å². The molecule has 1 aromatic heterocycles. The van der Waals surface area contributed by atoms with Gasteiger partial charge in [-0.1, -0.05) is 13.3 Å². The van der Waals surface area contributed by atoms with Gasteiger partial charge in [0.1, 0.15) is 0 Å². The summed E-state index contributed by atoms with van der Waals surface area (Å²) in [6.07, 6.45) is 2.47. The number of aryl methyl sites for hydroxylation is 4. The summed E-state index contributed by atoms with van der Waals surface area (Å²) in [5.74, 6) is 0. The third kappa shape index (κ3) is 1.67. The highest BCUT2D eigenvalue weighted by Crippen LogP contribution is 2.36. The second-order valence-electron chi connectivity index (χ2n) is 4.72. The highest BCUT2D eigenvalue weighted by molar-refractivity contribution is 7.19. The van der Waals surface area contributed by atoms with Crippen LogP contribution in [0.3, 0.4) is 0 Å². The van der Waals surface area contributed by atoms with Crippen molar-refractivity contribution in [3.8, 4) is 0 Å². The van der Waals surface area contributed by atoms with Crippen LogP contribution < -0.4 is 0 Å². The summed E-state index contributed by atoms with van der Waals surface area (Å²) in [5.41, 5.74) is 5.87. The number of thiophene rings is 1. The van der Waals surface area contributed by atoms with E-state index in [0.717, 1.165) is 0 Å². The summed E-state index contributed by atoms with van der Waals surface area (Å²) in [5, 5.41) is 1.51. The van der Waals surface area contributed by atoms with Gasteiger partial charge < -0.3 is 0 Å². The second-order valence-corrected chi connectivity index (χ2v) is 5.85. The molecule has 0 aliphatic carbocycles. The van der Waals surface area contributed by atoms with Gasteiger partial charge in [-0.3, -0.25) is 0 Å². The van der Waals surface area contributed by atoms with Crippen LogP contribution in [-0.4, -0.2) is 0 Å². The molecule has 0 aliphatic heterocycles. The maximum Gasteiger partial charge on any atom is 0.0353 e. The highest BCUT2D eigenvalue weighted by Gasteiger charge is 2.12. The lowest BCUT2D eigenvalue weighted by Gasteiger charge is -2.07. The SMILES string of the molecule is CCCc1sc2cc(C)c(C)c(C)c2c1C. The van der Waals surface area contributed by atoms with Gasteiger partial charge in [0.05, 0.1) is 0 Å². The van der Waals surface area contributed by atoms with E-state index in [-0.39, 0.29) is 0 Å². The fraction of sp³-hybridized carbons (Fsp3) is 0.467. The molecule has 0 N–H and O–H groups in total. The van der Waals surface area contributed by atoms with E-state index in [1.807, 2.05) is 11.3 Å². The van der Waals surface area contributed by atoms with Crippen LogP contribution >= 0.6 is 11.3 Å². The molecule has 0 radical (unpaired) electrons. The Morgan fingerprint density at radius 2 is 1.69 bits per heavy atom. The van der Waals surface area contributed by atoms with Crippen LogP contribution in [0, 0.1) is 27.7 Å². The topological polar surface area (TPSA) is 0 Å². The molecule has 2 rings (SSSR count). The predicted octanol–water partition coefficient (Wildman–Crippen LogP) is 5.09. The standard InChI is InChI=1S/C15H20S/c1-6-7-13-12(5)15-11(4)10(3)9(2)8-14(15)16-13/h8H,6-7H2,1-5H3. The van der Waals surface area contributed by atoms with Gasteiger partial charge in [-0.25, -0.2) is 0 Å². The first-order valence-electron chi connectivity index (χ1n) is 6.05. The first-order valence-corrected chi connectivity index (χ1v) is 6.86. The van der Waals surface area contributed by atoms with Gasteiger partial charge in [0.2, 0.25) is 0 Å². The smallest absolute Gasteiger partial charge is 0.0353 e. The fourth-order valence-electron chi connectivity index (χ4n) is 2.41. The summed E-state index contributed by atoms with van der Waals surface area (Å²) < 4.78 is 1.47. The first kappa shape index (κ1) is 11.7. The van der Waals surface area contributed by atoms with Crippen LogP contribution in [0.2, 0.25) is 0 Å². The van der Waals surface area contributed by atoms with Crippen LogP contribution in [0.5, 0.6) is 0 Å². The molecule has 0 fully saturated rings. The maximum absolute atomic E-state index is 2.36. The number of hydrogen-bond acceptors (Lipinski definition) is 1. The Kier molecular flexibility index (Phi) is 3.07. The summed E-state index contributed by atoms with van der Waals surface area (Å²) in [4.78, 5) is 1.57. The van der Waals surface area contributed by atoms with E-state index in [1.165, 1.54) is 45.2 Å². The van der Waals surface area contributed by atoms with E-state index in [4.69, 9.17) is 0 Å². The van der Waals surface area contributed by atoms with E-state index in [9.17, 15) is 0 Å². The number of fused-ring (bicyclic) bond motifs is 1. The van der Waals surface area contributed by atoms with Crippen molar-refractivity contribution < 1.29 is 0 Å². The molecular weight excluding hydrogens is 212 g/mol. The molecule has 0 amide bonds. The van der Waals surface area contributed by atoms with Gasteiger partial charge in [-0.2, -0.15) is 0 Å². The van der Waals surface area contributed by atoms with Crippen molar-refractivity contribution in [2.24, 2.45) is 0 Å². The van der Waals surface area contributed by atoms with E-state index in [0.29, 0.717) is 0 Å². The third-order valence-electron chi connectivity index (χ3n) is 3.63. The van der Waals surface area contributed by atoms with Crippen LogP contribution in [-0.2, 0) is 6.42 Å². The Hall–Kier alpha value is -0.820. The second kappa shape index (κ2) is 4.21. The van der Waals surface area contributed by atoms with Gasteiger partial charge in [-0.15, -0.1) is 11.3 Å². The zero-order valence-corrected chi connectivity index (χ0v) is 11.7. The molecule has 16 heavy (non-hydrogen) atoms. The Morgan fingerprint density at radius 3 is 2.31 bits per heavy atom. The molecule has 2 aromatic rings. The van der Waals surface area contributed by atoms with Crippen LogP contribution in [0.4, 0.5) is 0 Å². The van der Waals surface area contributed by atoms with Gasteiger partial charge in [-0.05, 0) is 67.8 Å². The zero-order valence-electron chi connectivity index (χ0n) is 10.9. The molecular formula is C15H20S. The summed E-state index contributed by atoms with van der Waals surface area (Å²) in [6, 6.07) is 2.36. The van der Waals surface area contributed by atoms with Crippen molar-refractivity contribution in [2.45, 2.75) is 47.5 Å². The number of hydrogen-bond donors (Lipinski definition) is 0. The molecule has 1 heteroatoms. The molecule has 0 aliphatic rings. The average molecular weight is 232 g/mol. The van der Waals surface area contributed by atoms with E-state index >= 15 is 0 Å². The molecule has 1 aromatic carbocycles. The minimum atomic E-state index is 1.22. The Bertz CT molecular complexity index is 532. The van der Waals surface area contributed by atoms with Gasteiger partial charge >= 0.3 is 0 Å². The fourth-order valence-corrected chi connectivity index (χ4v) is 3.88. The highest BCUT2D eigenvalue weighted by atomic mass is 32.1. The van der Waals surface area contributed by atoms with Crippen LogP contribution in [0.25, 0.3) is 10.1 Å². The first-order chi connectivity index (χ1) is 7.56. The Morgan fingerprint density at radius 1 is 1.00 bits per heavy atom. The summed E-state index contributed by atoms with van der Waals surface area (Å²) in [7, 11) is 0. The van der Waals surface area contributed by atoms with E-state index in [1.54, 1.807) is 4.88 Å². The van der Waals surface area contributed by atoms with E-state index in [2.05, 4.69) is 40.7 Å². The lowest BCUT2D eigenvalue weighted by atomic mass is 9.98. The molecule has 0 saturated heterocycles. The monoisotopic (exact) mass is 232 g/mol. The lowest BCUT2D eigenvalue weighted by molar-refractivity contribution is 0.934. The number of rotatable bonds is 2. The van der Waals surface area contributed by atoms with Crippen molar-refractivity contribution in [2.75, 3.05) is 0 Å². The van der Waals surface area contributed by atoms with Gasteiger partial charge in [0, 0.05) is 9.58 Å². The largest absolute Gasteiger partial charge is 0.140 e. The van der Waals surface area contributed by atoms with Crippen molar-refractivity contribution in [1.29, 1.82) is 0 Å². The molecule has 0 bridgehead atoms. The number of benzene rings is 1.